The maximum atomic E-state index is 6.00. The molecule has 0 saturated carbocycles. The Labute approximate surface area is 159 Å². The summed E-state index contributed by atoms with van der Waals surface area (Å²) in [5, 5.41) is 3.11. The standard InChI is InChI=1S/C19H24N4O.BrH/c20-19(22-18-8-2-1-3-9-18)21-14-16-6-4-5-7-17(16)15-23-10-12-24-13-11-23;/h1-9H,10-15H2,(H3,20,21,22);1H. The minimum atomic E-state index is 0. The maximum Gasteiger partial charge on any atom is 0.193 e. The summed E-state index contributed by atoms with van der Waals surface area (Å²) in [6.45, 7) is 5.10. The Balaban J connectivity index is 0.00000225. The van der Waals surface area contributed by atoms with E-state index in [1.165, 1.54) is 11.1 Å². The van der Waals surface area contributed by atoms with Crippen molar-refractivity contribution in [2.75, 3.05) is 31.6 Å². The van der Waals surface area contributed by atoms with E-state index in [-0.39, 0.29) is 17.0 Å². The second kappa shape index (κ2) is 10.2. The molecule has 3 rings (SSSR count). The molecule has 0 aromatic heterocycles. The molecule has 0 atom stereocenters. The van der Waals surface area contributed by atoms with Crippen LogP contribution in [0, 0.1) is 0 Å². The predicted octanol–water partition coefficient (Wildman–Crippen LogP) is 3.02. The number of nitrogens with zero attached hydrogens (tertiary/aromatic N) is 2. The third kappa shape index (κ3) is 6.16. The lowest BCUT2D eigenvalue weighted by atomic mass is 10.1. The van der Waals surface area contributed by atoms with Gasteiger partial charge in [-0.1, -0.05) is 42.5 Å². The summed E-state index contributed by atoms with van der Waals surface area (Å²) < 4.78 is 5.41. The molecule has 134 valence electrons. The average molecular weight is 405 g/mol. The van der Waals surface area contributed by atoms with Gasteiger partial charge >= 0.3 is 0 Å². The van der Waals surface area contributed by atoms with Crippen molar-refractivity contribution in [3.05, 3.63) is 65.7 Å². The van der Waals surface area contributed by atoms with Gasteiger partial charge in [0, 0.05) is 25.3 Å². The highest BCUT2D eigenvalue weighted by molar-refractivity contribution is 8.93. The van der Waals surface area contributed by atoms with Crippen LogP contribution in [0.4, 0.5) is 5.69 Å². The SMILES string of the molecule is Br.NC(=NCc1ccccc1CN1CCOCC1)Nc1ccccc1. The lowest BCUT2D eigenvalue weighted by Gasteiger charge is -2.27. The van der Waals surface area contributed by atoms with Crippen LogP contribution in [0.1, 0.15) is 11.1 Å². The summed E-state index contributed by atoms with van der Waals surface area (Å²) in [5.41, 5.74) is 9.46. The molecule has 1 aliphatic rings. The zero-order valence-electron chi connectivity index (χ0n) is 14.2. The van der Waals surface area contributed by atoms with Crippen LogP contribution < -0.4 is 11.1 Å². The van der Waals surface area contributed by atoms with Crippen molar-refractivity contribution in [3.8, 4) is 0 Å². The molecule has 3 N–H and O–H groups in total. The quantitative estimate of drug-likeness (QED) is 0.593. The van der Waals surface area contributed by atoms with Crippen LogP contribution >= 0.6 is 17.0 Å². The molecule has 5 nitrogen and oxygen atoms in total. The van der Waals surface area contributed by atoms with E-state index in [4.69, 9.17) is 10.5 Å². The number of anilines is 1. The van der Waals surface area contributed by atoms with Crippen molar-refractivity contribution in [2.24, 2.45) is 10.7 Å². The number of nitrogens with one attached hydrogen (secondary N) is 1. The molecule has 1 fully saturated rings. The average Bonchev–Trinajstić information content (AvgIpc) is 2.63. The number of guanidine groups is 1. The molecule has 0 amide bonds. The first-order valence-corrected chi connectivity index (χ1v) is 8.30. The number of hydrogen-bond acceptors (Lipinski definition) is 3. The number of rotatable bonds is 5. The number of nitrogens with two attached hydrogens (primary N) is 1. The van der Waals surface area contributed by atoms with Gasteiger partial charge in [0.15, 0.2) is 5.96 Å². The Hall–Kier alpha value is -1.89. The Morgan fingerprint density at radius 3 is 2.36 bits per heavy atom. The third-order valence-electron chi connectivity index (χ3n) is 4.08. The van der Waals surface area contributed by atoms with Gasteiger partial charge in [-0.3, -0.25) is 4.90 Å². The van der Waals surface area contributed by atoms with Crippen molar-refractivity contribution in [1.82, 2.24) is 4.90 Å². The Morgan fingerprint density at radius 1 is 1.00 bits per heavy atom. The largest absolute Gasteiger partial charge is 0.379 e. The fraction of sp³-hybridized carbons (Fsp3) is 0.316. The maximum absolute atomic E-state index is 6.00. The molecule has 0 aliphatic carbocycles. The van der Waals surface area contributed by atoms with Crippen LogP contribution in [0.3, 0.4) is 0 Å². The summed E-state index contributed by atoms with van der Waals surface area (Å²) in [6, 6.07) is 18.3. The minimum Gasteiger partial charge on any atom is -0.379 e. The highest BCUT2D eigenvalue weighted by Crippen LogP contribution is 2.14. The second-order valence-electron chi connectivity index (χ2n) is 5.85. The Morgan fingerprint density at radius 2 is 1.64 bits per heavy atom. The molecule has 0 bridgehead atoms. The van der Waals surface area contributed by atoms with Crippen LogP contribution in [-0.2, 0) is 17.8 Å². The normalized spacial score (nSPS) is 15.4. The first kappa shape index (κ1) is 19.4. The molecule has 1 heterocycles. The highest BCUT2D eigenvalue weighted by atomic mass is 79.9. The monoisotopic (exact) mass is 404 g/mol. The van der Waals surface area contributed by atoms with Gasteiger partial charge < -0.3 is 15.8 Å². The van der Waals surface area contributed by atoms with Crippen molar-refractivity contribution >= 4 is 28.6 Å². The van der Waals surface area contributed by atoms with Crippen molar-refractivity contribution in [1.29, 1.82) is 0 Å². The summed E-state index contributed by atoms with van der Waals surface area (Å²) in [7, 11) is 0. The summed E-state index contributed by atoms with van der Waals surface area (Å²) in [6.07, 6.45) is 0. The van der Waals surface area contributed by atoms with Gasteiger partial charge in [-0.15, -0.1) is 17.0 Å². The number of ether oxygens (including phenoxy) is 1. The van der Waals surface area contributed by atoms with Crippen molar-refractivity contribution in [2.45, 2.75) is 13.1 Å². The molecule has 25 heavy (non-hydrogen) atoms. The van der Waals surface area contributed by atoms with E-state index in [0.29, 0.717) is 12.5 Å². The lowest BCUT2D eigenvalue weighted by molar-refractivity contribution is 0.0341. The molecule has 2 aromatic carbocycles. The zero-order valence-corrected chi connectivity index (χ0v) is 15.9. The highest BCUT2D eigenvalue weighted by Gasteiger charge is 2.12. The summed E-state index contributed by atoms with van der Waals surface area (Å²) >= 11 is 0. The minimum absolute atomic E-state index is 0. The Bertz CT molecular complexity index is 672. The van der Waals surface area contributed by atoms with Gasteiger partial charge in [-0.25, -0.2) is 4.99 Å². The van der Waals surface area contributed by atoms with Crippen molar-refractivity contribution < 1.29 is 4.74 Å². The van der Waals surface area contributed by atoms with E-state index in [0.717, 1.165) is 38.5 Å². The van der Waals surface area contributed by atoms with Gasteiger partial charge in [0.05, 0.1) is 19.8 Å². The van der Waals surface area contributed by atoms with E-state index in [1.54, 1.807) is 0 Å². The summed E-state index contributed by atoms with van der Waals surface area (Å²) in [4.78, 5) is 6.90. The van der Waals surface area contributed by atoms with Crippen LogP contribution in [0.25, 0.3) is 0 Å². The van der Waals surface area contributed by atoms with Gasteiger partial charge in [0.1, 0.15) is 0 Å². The molecule has 0 spiro atoms. The molecular weight excluding hydrogens is 380 g/mol. The van der Waals surface area contributed by atoms with Gasteiger partial charge in [-0.05, 0) is 23.3 Å². The smallest absolute Gasteiger partial charge is 0.193 e. The fourth-order valence-electron chi connectivity index (χ4n) is 2.75. The van der Waals surface area contributed by atoms with Gasteiger partial charge in [-0.2, -0.15) is 0 Å². The van der Waals surface area contributed by atoms with Crippen LogP contribution in [-0.4, -0.2) is 37.2 Å². The van der Waals surface area contributed by atoms with Crippen LogP contribution in [0.15, 0.2) is 59.6 Å². The number of aliphatic imine (C=N–C) groups is 1. The van der Waals surface area contributed by atoms with Gasteiger partial charge in [0.25, 0.3) is 0 Å². The number of hydrogen-bond donors (Lipinski definition) is 2. The van der Waals surface area contributed by atoms with E-state index in [2.05, 4.69) is 39.5 Å². The lowest BCUT2D eigenvalue weighted by Crippen LogP contribution is -2.35. The fourth-order valence-corrected chi connectivity index (χ4v) is 2.75. The van der Waals surface area contributed by atoms with E-state index >= 15 is 0 Å². The number of para-hydroxylation sites is 1. The Kier molecular flexibility index (Phi) is 7.91. The van der Waals surface area contributed by atoms with Crippen LogP contribution in [0.5, 0.6) is 0 Å². The molecule has 0 radical (unpaired) electrons. The first-order valence-electron chi connectivity index (χ1n) is 8.30. The molecule has 6 heteroatoms. The topological polar surface area (TPSA) is 62.9 Å². The third-order valence-corrected chi connectivity index (χ3v) is 4.08. The van der Waals surface area contributed by atoms with E-state index in [9.17, 15) is 0 Å². The van der Waals surface area contributed by atoms with E-state index < -0.39 is 0 Å². The molecular formula is C19H25BrN4O. The number of benzene rings is 2. The second-order valence-corrected chi connectivity index (χ2v) is 5.85. The zero-order chi connectivity index (χ0) is 16.6. The van der Waals surface area contributed by atoms with E-state index in [1.807, 2.05) is 30.3 Å². The summed E-state index contributed by atoms with van der Waals surface area (Å²) in [5.74, 6) is 0.433. The molecule has 2 aromatic rings. The van der Waals surface area contributed by atoms with Crippen molar-refractivity contribution in [3.63, 3.8) is 0 Å². The number of halogens is 1. The molecule has 1 aliphatic heterocycles. The predicted molar refractivity (Wildman–Crippen MR) is 108 cm³/mol. The van der Waals surface area contributed by atoms with Crippen LogP contribution in [0.2, 0.25) is 0 Å². The molecule has 0 unspecified atom stereocenters. The van der Waals surface area contributed by atoms with Gasteiger partial charge in [0.2, 0.25) is 0 Å². The number of morpholine rings is 1. The molecule has 1 saturated heterocycles. The first-order chi connectivity index (χ1) is 11.8.